The Morgan fingerprint density at radius 1 is 0.444 bits per heavy atom. The molecule has 0 fully saturated rings. The highest BCUT2D eigenvalue weighted by molar-refractivity contribution is 7.40. The van der Waals surface area contributed by atoms with Crippen LogP contribution in [0.15, 0.2) is 132 Å². The molecule has 2 aliphatic heterocycles. The first-order valence-corrected chi connectivity index (χ1v) is 28.9. The van der Waals surface area contributed by atoms with Crippen molar-refractivity contribution in [1.29, 1.82) is 0 Å². The summed E-state index contributed by atoms with van der Waals surface area (Å²) in [5.41, 5.74) is 23.7. The average Bonchev–Trinajstić information content (AvgIpc) is 4.15. The van der Waals surface area contributed by atoms with Crippen LogP contribution in [0.1, 0.15) is 100 Å². The first kappa shape index (κ1) is 45.9. The number of fused-ring (bicyclic) bond motifs is 10. The van der Waals surface area contributed by atoms with Gasteiger partial charge in [-0.2, -0.15) is 0 Å². The van der Waals surface area contributed by atoms with Gasteiger partial charge in [0.05, 0.1) is 22.7 Å². The fraction of sp³-hybridized carbons (Fsp3) is 0.231. The molecule has 72 heavy (non-hydrogen) atoms. The molecule has 0 bridgehead atoms. The van der Waals surface area contributed by atoms with Gasteiger partial charge in [-0.1, -0.05) is 128 Å². The lowest BCUT2D eigenvalue weighted by molar-refractivity contribution is 0.591. The largest absolute Gasteiger partial charge is 0.309 e. The van der Waals surface area contributed by atoms with Gasteiger partial charge in [-0.05, 0) is 159 Å². The third-order valence-corrected chi connectivity index (χ3v) is 20.3. The molecular weight excluding hydrogens is 948 g/mol. The molecule has 356 valence electrons. The molecule has 0 spiro atoms. The first-order chi connectivity index (χ1) is 34.5. The fourth-order valence-electron chi connectivity index (χ4n) is 12.0. The normalized spacial score (nSPS) is 13.6. The van der Waals surface area contributed by atoms with E-state index in [1.807, 2.05) is 45.3 Å². The molecule has 4 aromatic heterocycles. The molecule has 13 rings (SSSR count). The van der Waals surface area contributed by atoms with Gasteiger partial charge in [-0.3, -0.25) is 0 Å². The fourth-order valence-corrected chi connectivity index (χ4v) is 16.6. The molecule has 7 heteroatoms. The SMILES string of the molecule is Cc1ccc(-c2csc3ccccc23)c(C)c1N1c2cc(C(C)C)cc3c2B(c2sc4ccc(C(C)(C)C)cc4c21)c1sc2ccc(C(C)(C)C)cc2c1N3c1c(C)ccc(-c2csc3ccccc23)c1C. The van der Waals surface area contributed by atoms with Crippen molar-refractivity contribution in [2.24, 2.45) is 0 Å². The third-order valence-electron chi connectivity index (χ3n) is 15.9. The molecule has 0 radical (unpaired) electrons. The minimum atomic E-state index is -0.0154. The number of thiophene rings is 4. The van der Waals surface area contributed by atoms with Crippen molar-refractivity contribution in [3.63, 3.8) is 0 Å². The topological polar surface area (TPSA) is 6.48 Å². The minimum absolute atomic E-state index is 0.0154. The second-order valence-electron chi connectivity index (χ2n) is 22.9. The van der Waals surface area contributed by atoms with E-state index in [0.717, 1.165) is 0 Å². The second kappa shape index (κ2) is 16.3. The Kier molecular flexibility index (Phi) is 10.4. The number of hydrogen-bond acceptors (Lipinski definition) is 6. The van der Waals surface area contributed by atoms with E-state index in [0.29, 0.717) is 0 Å². The van der Waals surface area contributed by atoms with Crippen LogP contribution in [0.3, 0.4) is 0 Å². The Bertz CT molecular complexity index is 3810. The van der Waals surface area contributed by atoms with Crippen molar-refractivity contribution >= 4 is 142 Å². The number of nitrogens with zero attached hydrogens (tertiary/aromatic N) is 2. The summed E-state index contributed by atoms with van der Waals surface area (Å²) in [6.45, 7) is 28.4. The van der Waals surface area contributed by atoms with E-state index in [2.05, 4.69) is 225 Å². The predicted octanol–water partition coefficient (Wildman–Crippen LogP) is 18.9. The maximum Gasteiger partial charge on any atom is 0.277 e. The van der Waals surface area contributed by atoms with Crippen molar-refractivity contribution in [1.82, 2.24) is 0 Å². The molecule has 0 aliphatic carbocycles. The third kappa shape index (κ3) is 6.76. The summed E-state index contributed by atoms with van der Waals surface area (Å²) in [6.07, 6.45) is 0. The summed E-state index contributed by atoms with van der Waals surface area (Å²) >= 11 is 7.73. The Morgan fingerprint density at radius 2 is 0.875 bits per heavy atom. The molecule has 6 heterocycles. The molecule has 11 aromatic rings. The van der Waals surface area contributed by atoms with E-state index >= 15 is 0 Å². The zero-order valence-corrected chi connectivity index (χ0v) is 46.6. The highest BCUT2D eigenvalue weighted by atomic mass is 32.1. The summed E-state index contributed by atoms with van der Waals surface area (Å²) in [7, 11) is 0. The zero-order chi connectivity index (χ0) is 49.9. The summed E-state index contributed by atoms with van der Waals surface area (Å²) in [4.78, 5) is 5.51. The number of hydrogen-bond donors (Lipinski definition) is 0. The maximum absolute atomic E-state index is 2.76. The average molecular weight is 1010 g/mol. The summed E-state index contributed by atoms with van der Waals surface area (Å²) in [6, 6.07) is 47.3. The molecule has 0 N–H and O–H groups in total. The van der Waals surface area contributed by atoms with Crippen molar-refractivity contribution in [3.8, 4) is 22.3 Å². The number of aryl methyl sites for hydroxylation is 2. The second-order valence-corrected chi connectivity index (χ2v) is 26.9. The van der Waals surface area contributed by atoms with Crippen molar-refractivity contribution < 1.29 is 0 Å². The van der Waals surface area contributed by atoms with Crippen molar-refractivity contribution in [2.45, 2.75) is 99.8 Å². The van der Waals surface area contributed by atoms with Gasteiger partial charge < -0.3 is 9.80 Å². The molecule has 0 atom stereocenters. The van der Waals surface area contributed by atoms with Crippen LogP contribution in [0, 0.1) is 27.7 Å². The first-order valence-electron chi connectivity index (χ1n) is 25.5. The van der Waals surface area contributed by atoms with Gasteiger partial charge in [0, 0.05) is 72.4 Å². The van der Waals surface area contributed by atoms with E-state index in [1.165, 1.54) is 151 Å². The van der Waals surface area contributed by atoms with Gasteiger partial charge in [-0.25, -0.2) is 0 Å². The van der Waals surface area contributed by atoms with E-state index in [-0.39, 0.29) is 23.5 Å². The Hall–Kier alpha value is -5.96. The molecule has 0 saturated carbocycles. The molecular formula is C65H59BN2S4. The van der Waals surface area contributed by atoms with Gasteiger partial charge in [0.15, 0.2) is 0 Å². The maximum atomic E-state index is 2.76. The lowest BCUT2D eigenvalue weighted by atomic mass is 9.39. The monoisotopic (exact) mass is 1010 g/mol. The summed E-state index contributed by atoms with van der Waals surface area (Å²) in [5.74, 6) is 0.284. The Morgan fingerprint density at radius 3 is 1.29 bits per heavy atom. The summed E-state index contributed by atoms with van der Waals surface area (Å²) in [5, 5.41) is 10.1. The lowest BCUT2D eigenvalue weighted by Crippen LogP contribution is -2.59. The van der Waals surface area contributed by atoms with Crippen LogP contribution in [0.5, 0.6) is 0 Å². The van der Waals surface area contributed by atoms with Crippen LogP contribution in [-0.4, -0.2) is 6.71 Å². The van der Waals surface area contributed by atoms with Crippen molar-refractivity contribution in [3.05, 3.63) is 171 Å². The smallest absolute Gasteiger partial charge is 0.277 e. The van der Waals surface area contributed by atoms with Gasteiger partial charge in [-0.15, -0.1) is 45.3 Å². The Balaban J connectivity index is 1.18. The van der Waals surface area contributed by atoms with E-state index in [9.17, 15) is 0 Å². The molecule has 0 saturated heterocycles. The summed E-state index contributed by atoms with van der Waals surface area (Å²) < 4.78 is 8.20. The standard InChI is InChI=1S/C65H59BN2S4/c1-35(2)40-29-51-57-52(30-40)68(59-37(4)22-26-44(39(59)6)50-34-70-54-20-16-14-18-46(50)54)61-48-32-42(65(10,11)12)24-28-56(48)72-63(61)66(57)62-60(47-31-41(64(7,8)9)23-27-55(47)71-62)67(51)58-36(3)21-25-43(38(58)5)49-33-69-53-19-15-13-17-45(49)53/h13-35H,1-12H3. The van der Waals surface area contributed by atoms with Gasteiger partial charge in [0.1, 0.15) is 0 Å². The number of rotatable bonds is 5. The molecule has 0 unspecified atom stereocenters. The molecule has 2 nitrogen and oxygen atoms in total. The highest BCUT2D eigenvalue weighted by Crippen LogP contribution is 2.55. The zero-order valence-electron chi connectivity index (χ0n) is 43.4. The van der Waals surface area contributed by atoms with Crippen molar-refractivity contribution in [2.75, 3.05) is 9.80 Å². The number of benzene rings is 7. The van der Waals surface area contributed by atoms with Crippen LogP contribution < -0.4 is 24.8 Å². The highest BCUT2D eigenvalue weighted by Gasteiger charge is 2.48. The van der Waals surface area contributed by atoms with Gasteiger partial charge >= 0.3 is 0 Å². The van der Waals surface area contributed by atoms with Crippen LogP contribution >= 0.6 is 45.3 Å². The van der Waals surface area contributed by atoms with E-state index in [4.69, 9.17) is 0 Å². The van der Waals surface area contributed by atoms with Gasteiger partial charge in [0.2, 0.25) is 0 Å². The molecule has 0 amide bonds. The quantitative estimate of drug-likeness (QED) is 0.159. The minimum Gasteiger partial charge on any atom is -0.309 e. The lowest BCUT2D eigenvalue weighted by Gasteiger charge is -2.44. The van der Waals surface area contributed by atoms with Crippen LogP contribution in [0.4, 0.5) is 34.1 Å². The Labute approximate surface area is 441 Å². The molecule has 7 aromatic carbocycles. The van der Waals surface area contributed by atoms with E-state index in [1.54, 1.807) is 0 Å². The van der Waals surface area contributed by atoms with Crippen LogP contribution in [-0.2, 0) is 10.8 Å². The van der Waals surface area contributed by atoms with E-state index < -0.39 is 0 Å². The van der Waals surface area contributed by atoms with Crippen LogP contribution in [0.2, 0.25) is 0 Å². The van der Waals surface area contributed by atoms with Crippen LogP contribution in [0.25, 0.3) is 62.6 Å². The molecule has 2 aliphatic rings. The number of anilines is 6. The predicted molar refractivity (Wildman–Crippen MR) is 323 cm³/mol. The van der Waals surface area contributed by atoms with Gasteiger partial charge in [0.25, 0.3) is 6.71 Å².